The van der Waals surface area contributed by atoms with Crippen LogP contribution in [0.5, 0.6) is 0 Å². The number of fused-ring (bicyclic) bond motifs is 1. The van der Waals surface area contributed by atoms with Gasteiger partial charge in [0.1, 0.15) is 11.5 Å². The first kappa shape index (κ1) is 14.6. The number of aliphatic hydroxyl groups excluding tert-OH is 1. The highest BCUT2D eigenvalue weighted by molar-refractivity contribution is 7.12. The van der Waals surface area contributed by atoms with Crippen molar-refractivity contribution in [1.29, 1.82) is 0 Å². The Kier molecular flexibility index (Phi) is 4.59. The molecule has 1 aromatic rings. The van der Waals surface area contributed by atoms with E-state index in [1.165, 1.54) is 37.1 Å². The van der Waals surface area contributed by atoms with Crippen LogP contribution in [0.25, 0.3) is 0 Å². The minimum Gasteiger partial charge on any atom is -0.384 e. The lowest BCUT2D eigenvalue weighted by Crippen LogP contribution is -2.56. The van der Waals surface area contributed by atoms with Gasteiger partial charge in [-0.3, -0.25) is 9.69 Å². The van der Waals surface area contributed by atoms with Crippen molar-refractivity contribution in [1.82, 2.24) is 9.80 Å². The summed E-state index contributed by atoms with van der Waals surface area (Å²) >= 11 is 1.44. The number of rotatable bonds is 1. The summed E-state index contributed by atoms with van der Waals surface area (Å²) in [6.45, 7) is 3.63. The molecule has 21 heavy (non-hydrogen) atoms. The van der Waals surface area contributed by atoms with Crippen LogP contribution in [-0.2, 0) is 0 Å². The van der Waals surface area contributed by atoms with Crippen LogP contribution in [0, 0.1) is 11.8 Å². The molecule has 112 valence electrons. The van der Waals surface area contributed by atoms with E-state index in [0.717, 1.165) is 25.2 Å². The van der Waals surface area contributed by atoms with Gasteiger partial charge in [-0.2, -0.15) is 0 Å². The van der Waals surface area contributed by atoms with Crippen molar-refractivity contribution < 1.29 is 9.90 Å². The summed E-state index contributed by atoms with van der Waals surface area (Å²) in [5.41, 5.74) is 0.741. The molecule has 2 aliphatic rings. The van der Waals surface area contributed by atoms with E-state index in [-0.39, 0.29) is 12.5 Å². The van der Waals surface area contributed by atoms with E-state index in [1.807, 2.05) is 16.3 Å². The van der Waals surface area contributed by atoms with Crippen molar-refractivity contribution >= 4 is 17.2 Å². The molecule has 0 bridgehead atoms. The van der Waals surface area contributed by atoms with E-state index < -0.39 is 0 Å². The molecule has 2 saturated heterocycles. The highest BCUT2D eigenvalue weighted by Gasteiger charge is 2.32. The molecular formula is C16H20N2O2S. The summed E-state index contributed by atoms with van der Waals surface area (Å²) in [7, 11) is 0. The van der Waals surface area contributed by atoms with Gasteiger partial charge in [0.2, 0.25) is 0 Å². The van der Waals surface area contributed by atoms with Gasteiger partial charge < -0.3 is 10.0 Å². The fourth-order valence-corrected chi connectivity index (χ4v) is 4.01. The average molecular weight is 304 g/mol. The molecule has 0 radical (unpaired) electrons. The molecule has 4 nitrogen and oxygen atoms in total. The van der Waals surface area contributed by atoms with Crippen LogP contribution in [0.1, 0.15) is 34.5 Å². The van der Waals surface area contributed by atoms with Crippen LogP contribution in [0.3, 0.4) is 0 Å². The van der Waals surface area contributed by atoms with Crippen LogP contribution in [0.15, 0.2) is 11.4 Å². The first-order valence-corrected chi connectivity index (χ1v) is 8.38. The molecule has 3 rings (SSSR count). The zero-order valence-corrected chi connectivity index (χ0v) is 12.9. The largest absolute Gasteiger partial charge is 0.384 e. The van der Waals surface area contributed by atoms with E-state index >= 15 is 0 Å². The van der Waals surface area contributed by atoms with Crippen LogP contribution in [-0.4, -0.2) is 59.6 Å². The van der Waals surface area contributed by atoms with Crippen molar-refractivity contribution in [2.75, 3.05) is 32.8 Å². The highest BCUT2D eigenvalue weighted by Crippen LogP contribution is 2.24. The van der Waals surface area contributed by atoms with Crippen molar-refractivity contribution in [3.63, 3.8) is 0 Å². The maximum absolute atomic E-state index is 12.7. The lowest BCUT2D eigenvalue weighted by molar-refractivity contribution is 0.0376. The van der Waals surface area contributed by atoms with Crippen molar-refractivity contribution in [2.24, 2.45) is 0 Å². The summed E-state index contributed by atoms with van der Waals surface area (Å²) in [5.74, 6) is 5.59. The second-order valence-electron chi connectivity index (χ2n) is 5.56. The number of thiophene rings is 1. The Labute approximate surface area is 129 Å². The molecular weight excluding hydrogens is 284 g/mol. The Morgan fingerprint density at radius 1 is 1.38 bits per heavy atom. The Morgan fingerprint density at radius 3 is 3.14 bits per heavy atom. The molecule has 1 N–H and O–H groups in total. The molecule has 5 heteroatoms. The minimum absolute atomic E-state index is 0.0949. The Hall–Kier alpha value is -1.35. The molecule has 1 atom stereocenters. The summed E-state index contributed by atoms with van der Waals surface area (Å²) in [5, 5.41) is 10.7. The molecule has 3 heterocycles. The average Bonchev–Trinajstić information content (AvgIpc) is 3.00. The number of hydrogen-bond donors (Lipinski definition) is 1. The molecule has 1 aromatic heterocycles. The number of hydrogen-bond acceptors (Lipinski definition) is 4. The molecule has 2 aliphatic heterocycles. The maximum atomic E-state index is 12.7. The zero-order chi connectivity index (χ0) is 14.7. The molecule has 0 aliphatic carbocycles. The van der Waals surface area contributed by atoms with E-state index in [1.54, 1.807) is 0 Å². The first-order chi connectivity index (χ1) is 10.3. The van der Waals surface area contributed by atoms with Gasteiger partial charge in [-0.25, -0.2) is 0 Å². The molecule has 2 fully saturated rings. The van der Waals surface area contributed by atoms with Gasteiger partial charge in [0.05, 0.1) is 0 Å². The standard InChI is InChI=1S/C16H20N2O2S/c19-10-3-4-13-6-11-21-15(13)16(20)18-9-8-17-7-2-1-5-14(17)12-18/h6,11,14,19H,1-2,5,7-10,12H2. The van der Waals surface area contributed by atoms with Crippen LogP contribution < -0.4 is 0 Å². The third-order valence-corrected chi connectivity index (χ3v) is 5.19. The van der Waals surface area contributed by atoms with Gasteiger partial charge in [-0.1, -0.05) is 18.3 Å². The number of carbonyl (C=O) groups is 1. The van der Waals surface area contributed by atoms with Crippen LogP contribution in [0.2, 0.25) is 0 Å². The number of carbonyl (C=O) groups excluding carboxylic acids is 1. The fourth-order valence-electron chi connectivity index (χ4n) is 3.19. The van der Waals surface area contributed by atoms with Gasteiger partial charge in [-0.15, -0.1) is 11.3 Å². The summed E-state index contributed by atoms with van der Waals surface area (Å²) in [6.07, 6.45) is 3.76. The second-order valence-corrected chi connectivity index (χ2v) is 6.48. The normalized spacial score (nSPS) is 22.3. The van der Waals surface area contributed by atoms with Gasteiger partial charge in [0, 0.05) is 31.2 Å². The van der Waals surface area contributed by atoms with E-state index in [9.17, 15) is 4.79 Å². The smallest absolute Gasteiger partial charge is 0.265 e. The Bertz CT molecular complexity index is 572. The third-order valence-electron chi connectivity index (χ3n) is 4.29. The second kappa shape index (κ2) is 6.61. The van der Waals surface area contributed by atoms with Gasteiger partial charge in [0.15, 0.2) is 0 Å². The van der Waals surface area contributed by atoms with E-state index in [2.05, 4.69) is 16.7 Å². The Balaban J connectivity index is 1.72. The van der Waals surface area contributed by atoms with E-state index in [0.29, 0.717) is 10.9 Å². The number of piperazine rings is 1. The molecule has 0 spiro atoms. The molecule has 0 saturated carbocycles. The van der Waals surface area contributed by atoms with Gasteiger partial charge in [-0.05, 0) is 30.8 Å². The topological polar surface area (TPSA) is 43.8 Å². The lowest BCUT2D eigenvalue weighted by Gasteiger charge is -2.43. The van der Waals surface area contributed by atoms with Gasteiger partial charge >= 0.3 is 0 Å². The van der Waals surface area contributed by atoms with Crippen molar-refractivity contribution in [3.05, 3.63) is 21.9 Å². The maximum Gasteiger partial charge on any atom is 0.265 e. The number of nitrogens with zero attached hydrogens (tertiary/aromatic N) is 2. The third kappa shape index (κ3) is 3.13. The minimum atomic E-state index is -0.176. The lowest BCUT2D eigenvalue weighted by atomic mass is 9.99. The van der Waals surface area contributed by atoms with Crippen LogP contribution in [0.4, 0.5) is 0 Å². The SMILES string of the molecule is O=C(c1sccc1C#CCO)N1CCN2CCCCC2C1. The van der Waals surface area contributed by atoms with Crippen molar-refractivity contribution in [2.45, 2.75) is 25.3 Å². The predicted molar refractivity (Wildman–Crippen MR) is 83.4 cm³/mol. The van der Waals surface area contributed by atoms with Crippen LogP contribution >= 0.6 is 11.3 Å². The number of piperidine rings is 1. The predicted octanol–water partition coefficient (Wildman–Crippen LogP) is 1.40. The highest BCUT2D eigenvalue weighted by atomic mass is 32.1. The summed E-state index contributed by atoms with van der Waals surface area (Å²) < 4.78 is 0. The van der Waals surface area contributed by atoms with Crippen molar-refractivity contribution in [3.8, 4) is 11.8 Å². The quantitative estimate of drug-likeness (QED) is 0.798. The Morgan fingerprint density at radius 2 is 2.29 bits per heavy atom. The molecule has 0 aromatic carbocycles. The summed E-state index contributed by atoms with van der Waals surface area (Å²) in [6, 6.07) is 2.39. The molecule has 1 unspecified atom stereocenters. The molecule has 1 amide bonds. The first-order valence-electron chi connectivity index (χ1n) is 7.50. The monoisotopic (exact) mass is 304 g/mol. The van der Waals surface area contributed by atoms with E-state index in [4.69, 9.17) is 5.11 Å². The van der Waals surface area contributed by atoms with Gasteiger partial charge in [0.25, 0.3) is 5.91 Å². The fraction of sp³-hybridized carbons (Fsp3) is 0.562. The summed E-state index contributed by atoms with van der Waals surface area (Å²) in [4.78, 5) is 17.9. The zero-order valence-electron chi connectivity index (χ0n) is 12.0. The number of amides is 1. The number of aliphatic hydroxyl groups is 1.